The Labute approximate surface area is 139 Å². The number of likely N-dealkylation sites (tertiary alicyclic amines) is 1. The monoisotopic (exact) mass is 330 g/mol. The third kappa shape index (κ3) is 4.41. The second-order valence-corrected chi connectivity index (χ2v) is 5.66. The Bertz CT molecular complexity index is 666. The van der Waals surface area contributed by atoms with Gasteiger partial charge in [0.2, 0.25) is 5.88 Å². The Kier molecular flexibility index (Phi) is 5.20. The van der Waals surface area contributed by atoms with Crippen molar-refractivity contribution in [3.05, 3.63) is 54.2 Å². The Morgan fingerprint density at radius 1 is 1.33 bits per heavy atom. The summed E-state index contributed by atoms with van der Waals surface area (Å²) in [6.07, 6.45) is 6.38. The molecule has 0 bridgehead atoms. The van der Waals surface area contributed by atoms with Gasteiger partial charge in [-0.2, -0.15) is 0 Å². The molecular formula is C17H19FN4O2. The lowest BCUT2D eigenvalue weighted by atomic mass is 10.1. The summed E-state index contributed by atoms with van der Waals surface area (Å²) in [6.45, 7) is 1.56. The molecule has 0 saturated carbocycles. The predicted octanol–water partition coefficient (Wildman–Crippen LogP) is 2.37. The number of rotatable bonds is 4. The molecule has 126 valence electrons. The molecule has 2 amide bonds. The second kappa shape index (κ2) is 7.72. The topological polar surface area (TPSA) is 67.4 Å². The lowest BCUT2D eigenvalue weighted by Gasteiger charge is -2.32. The van der Waals surface area contributed by atoms with Gasteiger partial charge in [0.25, 0.3) is 0 Å². The Hall–Kier alpha value is -2.70. The quantitative estimate of drug-likeness (QED) is 0.934. The minimum absolute atomic E-state index is 0.0907. The number of nitrogens with one attached hydrogen (secondary N) is 1. The van der Waals surface area contributed by atoms with E-state index in [0.717, 1.165) is 18.4 Å². The molecule has 1 aliphatic heterocycles. The highest BCUT2D eigenvalue weighted by molar-refractivity contribution is 5.74. The summed E-state index contributed by atoms with van der Waals surface area (Å²) in [7, 11) is 0. The molecular weight excluding hydrogens is 311 g/mol. The number of carbonyl (C=O) groups excluding carboxylic acids is 1. The van der Waals surface area contributed by atoms with Crippen molar-refractivity contribution >= 4 is 6.03 Å². The Balaban J connectivity index is 1.50. The number of nitrogens with zero attached hydrogens (tertiary/aromatic N) is 3. The standard InChI is InChI=1S/C17H19FN4O2/c18-14-5-3-13(4-6-14)10-21-17(23)22-9-1-2-15(12-22)24-16-11-19-7-8-20-16/h3-8,11,15H,1-2,9-10,12H2,(H,21,23). The van der Waals surface area contributed by atoms with Gasteiger partial charge in [0, 0.05) is 25.5 Å². The van der Waals surface area contributed by atoms with E-state index in [4.69, 9.17) is 4.74 Å². The van der Waals surface area contributed by atoms with Crippen LogP contribution in [0.1, 0.15) is 18.4 Å². The fourth-order valence-corrected chi connectivity index (χ4v) is 2.63. The van der Waals surface area contributed by atoms with Crippen molar-refractivity contribution in [2.24, 2.45) is 0 Å². The van der Waals surface area contributed by atoms with Crippen LogP contribution in [0.2, 0.25) is 0 Å². The van der Waals surface area contributed by atoms with Crippen molar-refractivity contribution < 1.29 is 13.9 Å². The van der Waals surface area contributed by atoms with Gasteiger partial charge in [0.15, 0.2) is 0 Å². The summed E-state index contributed by atoms with van der Waals surface area (Å²) < 4.78 is 18.7. The van der Waals surface area contributed by atoms with Crippen LogP contribution in [0.4, 0.5) is 9.18 Å². The summed E-state index contributed by atoms with van der Waals surface area (Å²) in [5.74, 6) is 0.182. The smallest absolute Gasteiger partial charge is 0.317 e. The van der Waals surface area contributed by atoms with Gasteiger partial charge < -0.3 is 15.0 Å². The summed E-state index contributed by atoms with van der Waals surface area (Å²) >= 11 is 0. The zero-order valence-electron chi connectivity index (χ0n) is 13.2. The molecule has 3 rings (SSSR count). The van der Waals surface area contributed by atoms with Gasteiger partial charge in [-0.25, -0.2) is 14.2 Å². The normalized spacial score (nSPS) is 17.4. The molecule has 24 heavy (non-hydrogen) atoms. The van der Waals surface area contributed by atoms with Crippen molar-refractivity contribution in [3.8, 4) is 5.88 Å². The number of carbonyl (C=O) groups is 1. The third-order valence-electron chi connectivity index (χ3n) is 3.85. The molecule has 0 radical (unpaired) electrons. The number of aromatic nitrogens is 2. The number of hydrogen-bond acceptors (Lipinski definition) is 4. The van der Waals surface area contributed by atoms with E-state index in [1.54, 1.807) is 35.6 Å². The second-order valence-electron chi connectivity index (χ2n) is 5.66. The van der Waals surface area contributed by atoms with E-state index in [1.165, 1.54) is 12.1 Å². The van der Waals surface area contributed by atoms with Crippen molar-refractivity contribution in [2.75, 3.05) is 13.1 Å². The van der Waals surface area contributed by atoms with Crippen LogP contribution in [0.25, 0.3) is 0 Å². The van der Waals surface area contributed by atoms with Crippen LogP contribution in [0.3, 0.4) is 0 Å². The van der Waals surface area contributed by atoms with Crippen LogP contribution < -0.4 is 10.1 Å². The van der Waals surface area contributed by atoms with Gasteiger partial charge >= 0.3 is 6.03 Å². The molecule has 1 aliphatic rings. The Morgan fingerprint density at radius 2 is 2.17 bits per heavy atom. The number of halogens is 1. The van der Waals surface area contributed by atoms with Crippen molar-refractivity contribution in [2.45, 2.75) is 25.5 Å². The average Bonchev–Trinajstić information content (AvgIpc) is 2.62. The zero-order valence-corrected chi connectivity index (χ0v) is 13.2. The van der Waals surface area contributed by atoms with E-state index in [1.807, 2.05) is 0 Å². The van der Waals surface area contributed by atoms with Crippen molar-refractivity contribution in [3.63, 3.8) is 0 Å². The number of urea groups is 1. The molecule has 1 saturated heterocycles. The van der Waals surface area contributed by atoms with Gasteiger partial charge in [-0.3, -0.25) is 4.98 Å². The van der Waals surface area contributed by atoms with Gasteiger partial charge in [-0.05, 0) is 30.5 Å². The highest BCUT2D eigenvalue weighted by Gasteiger charge is 2.25. The lowest BCUT2D eigenvalue weighted by Crippen LogP contribution is -2.48. The first-order valence-electron chi connectivity index (χ1n) is 7.90. The number of benzene rings is 1. The molecule has 6 nitrogen and oxygen atoms in total. The molecule has 7 heteroatoms. The highest BCUT2D eigenvalue weighted by Crippen LogP contribution is 2.16. The van der Waals surface area contributed by atoms with Crippen molar-refractivity contribution in [1.82, 2.24) is 20.2 Å². The minimum Gasteiger partial charge on any atom is -0.471 e. The molecule has 1 atom stereocenters. The molecule has 2 heterocycles. The van der Waals surface area contributed by atoms with E-state index < -0.39 is 0 Å². The van der Waals surface area contributed by atoms with E-state index >= 15 is 0 Å². The SMILES string of the molecule is O=C(NCc1ccc(F)cc1)N1CCCC(Oc2cnccn2)C1. The minimum atomic E-state index is -0.287. The van der Waals surface area contributed by atoms with Crippen LogP contribution in [0.15, 0.2) is 42.9 Å². The molecule has 1 aromatic heterocycles. The lowest BCUT2D eigenvalue weighted by molar-refractivity contribution is 0.0974. The fraction of sp³-hybridized carbons (Fsp3) is 0.353. The van der Waals surface area contributed by atoms with Crippen LogP contribution in [-0.2, 0) is 6.54 Å². The first kappa shape index (κ1) is 16.2. The number of hydrogen-bond donors (Lipinski definition) is 1. The van der Waals surface area contributed by atoms with E-state index in [-0.39, 0.29) is 18.0 Å². The molecule has 1 aromatic carbocycles. The van der Waals surface area contributed by atoms with Gasteiger partial charge in [-0.1, -0.05) is 12.1 Å². The molecule has 1 fully saturated rings. The van der Waals surface area contributed by atoms with Crippen LogP contribution >= 0.6 is 0 Å². The predicted molar refractivity (Wildman–Crippen MR) is 85.9 cm³/mol. The maximum Gasteiger partial charge on any atom is 0.317 e. The maximum absolute atomic E-state index is 12.9. The third-order valence-corrected chi connectivity index (χ3v) is 3.85. The highest BCUT2D eigenvalue weighted by atomic mass is 19.1. The van der Waals surface area contributed by atoms with Crippen molar-refractivity contribution in [1.29, 1.82) is 0 Å². The van der Waals surface area contributed by atoms with E-state index in [0.29, 0.717) is 25.5 Å². The molecule has 1 unspecified atom stereocenters. The number of piperidine rings is 1. The molecule has 2 aromatic rings. The van der Waals surface area contributed by atoms with Crippen LogP contribution in [0.5, 0.6) is 5.88 Å². The summed E-state index contributed by atoms with van der Waals surface area (Å²) in [4.78, 5) is 22.1. The van der Waals surface area contributed by atoms with Gasteiger partial charge in [0.1, 0.15) is 11.9 Å². The first-order valence-corrected chi connectivity index (χ1v) is 7.90. The Morgan fingerprint density at radius 3 is 2.92 bits per heavy atom. The molecule has 0 aliphatic carbocycles. The van der Waals surface area contributed by atoms with Gasteiger partial charge in [0.05, 0.1) is 12.7 Å². The molecule has 0 spiro atoms. The molecule has 1 N–H and O–H groups in total. The number of amides is 2. The maximum atomic E-state index is 12.9. The summed E-state index contributed by atoms with van der Waals surface area (Å²) in [6, 6.07) is 5.93. The largest absolute Gasteiger partial charge is 0.471 e. The van der Waals surface area contributed by atoms with Crippen LogP contribution in [0, 0.1) is 5.82 Å². The van der Waals surface area contributed by atoms with E-state index in [9.17, 15) is 9.18 Å². The first-order chi connectivity index (χ1) is 11.7. The van der Waals surface area contributed by atoms with Gasteiger partial charge in [-0.15, -0.1) is 0 Å². The summed E-state index contributed by atoms with van der Waals surface area (Å²) in [5.41, 5.74) is 0.856. The summed E-state index contributed by atoms with van der Waals surface area (Å²) in [5, 5.41) is 2.85. The van der Waals surface area contributed by atoms with Crippen LogP contribution in [-0.4, -0.2) is 40.1 Å². The number of ether oxygens (including phenoxy) is 1. The zero-order chi connectivity index (χ0) is 16.8. The average molecular weight is 330 g/mol. The van der Waals surface area contributed by atoms with E-state index in [2.05, 4.69) is 15.3 Å². The fourth-order valence-electron chi connectivity index (χ4n) is 2.63.